The van der Waals surface area contributed by atoms with Crippen LogP contribution in [0.3, 0.4) is 0 Å². The molecule has 2 aromatic rings. The molecule has 1 fully saturated rings. The Kier molecular flexibility index (Phi) is 5.70. The number of anilines is 1. The fraction of sp³-hybridized carbons (Fsp3) is 0.476. The summed E-state index contributed by atoms with van der Waals surface area (Å²) in [5.41, 5.74) is 3.96. The maximum atomic E-state index is 12.5. The number of halogens is 1. The van der Waals surface area contributed by atoms with E-state index in [4.69, 9.17) is 11.6 Å². The number of hydrogen-bond acceptors (Lipinski definition) is 4. The van der Waals surface area contributed by atoms with Gasteiger partial charge in [0.2, 0.25) is 5.91 Å². The Balaban J connectivity index is 1.65. The van der Waals surface area contributed by atoms with Crippen LogP contribution in [-0.4, -0.2) is 53.1 Å². The first-order valence-corrected chi connectivity index (χ1v) is 9.87. The standard InChI is InChI=1S/C21H27ClN4O/c1-15-5-6-17(13-16(15)2)18-7-8-19(24-23-18)25-9-11-26(12-10-25)20(27)21(3,4)14-22/h5-8,13H,9-12,14H2,1-4H3. The molecule has 1 amide bonds. The first-order chi connectivity index (χ1) is 12.8. The summed E-state index contributed by atoms with van der Waals surface area (Å²) in [7, 11) is 0. The highest BCUT2D eigenvalue weighted by Crippen LogP contribution is 2.24. The molecule has 3 rings (SSSR count). The predicted molar refractivity (Wildman–Crippen MR) is 110 cm³/mol. The zero-order valence-corrected chi connectivity index (χ0v) is 17.3. The number of carbonyl (C=O) groups is 1. The lowest BCUT2D eigenvalue weighted by Gasteiger charge is -2.38. The number of rotatable bonds is 4. The van der Waals surface area contributed by atoms with Gasteiger partial charge in [-0.2, -0.15) is 0 Å². The molecule has 144 valence electrons. The molecule has 0 aliphatic carbocycles. The van der Waals surface area contributed by atoms with Crippen molar-refractivity contribution < 1.29 is 4.79 Å². The summed E-state index contributed by atoms with van der Waals surface area (Å²) in [6.07, 6.45) is 0. The van der Waals surface area contributed by atoms with Gasteiger partial charge in [-0.25, -0.2) is 0 Å². The first kappa shape index (κ1) is 19.6. The molecule has 6 heteroatoms. The van der Waals surface area contributed by atoms with Crippen molar-refractivity contribution in [3.63, 3.8) is 0 Å². The number of aromatic nitrogens is 2. The summed E-state index contributed by atoms with van der Waals surface area (Å²) in [6, 6.07) is 10.4. The molecule has 0 unspecified atom stereocenters. The molecule has 0 spiro atoms. The Hall–Kier alpha value is -2.14. The summed E-state index contributed by atoms with van der Waals surface area (Å²) in [5, 5.41) is 8.83. The minimum atomic E-state index is -0.517. The Morgan fingerprint density at radius 3 is 2.30 bits per heavy atom. The maximum absolute atomic E-state index is 12.5. The maximum Gasteiger partial charge on any atom is 0.229 e. The first-order valence-electron chi connectivity index (χ1n) is 9.33. The molecular formula is C21H27ClN4O. The molecule has 27 heavy (non-hydrogen) atoms. The average Bonchev–Trinajstić information content (AvgIpc) is 2.70. The van der Waals surface area contributed by atoms with E-state index in [0.717, 1.165) is 30.2 Å². The molecule has 0 bridgehead atoms. The minimum Gasteiger partial charge on any atom is -0.352 e. The third-order valence-corrected chi connectivity index (χ3v) is 5.93. The molecule has 1 aliphatic heterocycles. The normalized spacial score (nSPS) is 15.1. The highest BCUT2D eigenvalue weighted by molar-refractivity contribution is 6.19. The van der Waals surface area contributed by atoms with Crippen molar-refractivity contribution in [2.75, 3.05) is 37.0 Å². The van der Waals surface area contributed by atoms with Crippen LogP contribution in [0.5, 0.6) is 0 Å². The minimum absolute atomic E-state index is 0.119. The summed E-state index contributed by atoms with van der Waals surface area (Å²) in [6.45, 7) is 10.9. The Bertz CT molecular complexity index is 811. The van der Waals surface area contributed by atoms with Gasteiger partial charge < -0.3 is 9.80 Å². The molecule has 0 atom stereocenters. The van der Waals surface area contributed by atoms with Gasteiger partial charge in [0.1, 0.15) is 0 Å². The molecule has 1 aromatic carbocycles. The van der Waals surface area contributed by atoms with E-state index < -0.39 is 5.41 Å². The predicted octanol–water partition coefficient (Wildman–Crippen LogP) is 3.67. The van der Waals surface area contributed by atoms with Gasteiger partial charge in [0.15, 0.2) is 5.82 Å². The number of alkyl halides is 1. The largest absolute Gasteiger partial charge is 0.352 e. The molecule has 2 heterocycles. The van der Waals surface area contributed by atoms with Crippen LogP contribution in [0.2, 0.25) is 0 Å². The van der Waals surface area contributed by atoms with Crippen LogP contribution in [0.4, 0.5) is 5.82 Å². The van der Waals surface area contributed by atoms with Gasteiger partial charge in [0.05, 0.1) is 11.1 Å². The zero-order chi connectivity index (χ0) is 19.6. The van der Waals surface area contributed by atoms with Gasteiger partial charge in [0.25, 0.3) is 0 Å². The molecular weight excluding hydrogens is 360 g/mol. The van der Waals surface area contributed by atoms with Gasteiger partial charge in [0, 0.05) is 37.6 Å². The molecule has 1 aliphatic rings. The number of aryl methyl sites for hydroxylation is 2. The number of nitrogens with zero attached hydrogens (tertiary/aromatic N) is 4. The van der Waals surface area contributed by atoms with E-state index in [1.165, 1.54) is 11.1 Å². The number of carbonyl (C=O) groups excluding carboxylic acids is 1. The van der Waals surface area contributed by atoms with E-state index in [2.05, 4.69) is 47.1 Å². The topological polar surface area (TPSA) is 49.3 Å². The molecule has 0 radical (unpaired) electrons. The number of hydrogen-bond donors (Lipinski definition) is 0. The van der Waals surface area contributed by atoms with Crippen molar-refractivity contribution in [3.05, 3.63) is 41.5 Å². The summed E-state index contributed by atoms with van der Waals surface area (Å²) < 4.78 is 0. The van der Waals surface area contributed by atoms with Crippen molar-refractivity contribution >= 4 is 23.3 Å². The van der Waals surface area contributed by atoms with Crippen LogP contribution in [0.1, 0.15) is 25.0 Å². The Morgan fingerprint density at radius 1 is 1.04 bits per heavy atom. The van der Waals surface area contributed by atoms with E-state index >= 15 is 0 Å². The lowest BCUT2D eigenvalue weighted by atomic mass is 9.94. The SMILES string of the molecule is Cc1ccc(-c2ccc(N3CCN(C(=O)C(C)(C)CCl)CC3)nn2)cc1C. The van der Waals surface area contributed by atoms with Crippen LogP contribution in [0.15, 0.2) is 30.3 Å². The van der Waals surface area contributed by atoms with Gasteiger partial charge >= 0.3 is 0 Å². The number of piperazine rings is 1. The van der Waals surface area contributed by atoms with Crippen LogP contribution >= 0.6 is 11.6 Å². The van der Waals surface area contributed by atoms with Crippen LogP contribution < -0.4 is 4.90 Å². The highest BCUT2D eigenvalue weighted by atomic mass is 35.5. The average molecular weight is 387 g/mol. The van der Waals surface area contributed by atoms with E-state index in [1.54, 1.807) is 0 Å². The molecule has 1 saturated heterocycles. The Morgan fingerprint density at radius 2 is 1.74 bits per heavy atom. The van der Waals surface area contributed by atoms with Crippen molar-refractivity contribution in [1.82, 2.24) is 15.1 Å². The fourth-order valence-corrected chi connectivity index (χ4v) is 3.29. The van der Waals surface area contributed by atoms with E-state index in [-0.39, 0.29) is 5.91 Å². The lowest BCUT2D eigenvalue weighted by molar-refractivity contribution is -0.139. The van der Waals surface area contributed by atoms with Gasteiger partial charge in [-0.15, -0.1) is 21.8 Å². The molecule has 5 nitrogen and oxygen atoms in total. The Labute approximate surface area is 166 Å². The van der Waals surface area contributed by atoms with Crippen molar-refractivity contribution in [2.45, 2.75) is 27.7 Å². The summed E-state index contributed by atoms with van der Waals surface area (Å²) in [4.78, 5) is 16.6. The second-order valence-corrected chi connectivity index (χ2v) is 8.14. The second-order valence-electron chi connectivity index (χ2n) is 7.87. The van der Waals surface area contributed by atoms with E-state index in [0.29, 0.717) is 19.0 Å². The lowest BCUT2D eigenvalue weighted by Crippen LogP contribution is -2.52. The van der Waals surface area contributed by atoms with Gasteiger partial charge in [-0.3, -0.25) is 4.79 Å². The number of benzene rings is 1. The quantitative estimate of drug-likeness (QED) is 0.752. The third kappa shape index (κ3) is 4.24. The summed E-state index contributed by atoms with van der Waals surface area (Å²) in [5.74, 6) is 1.30. The van der Waals surface area contributed by atoms with E-state index in [9.17, 15) is 4.79 Å². The van der Waals surface area contributed by atoms with Crippen molar-refractivity contribution in [1.29, 1.82) is 0 Å². The van der Waals surface area contributed by atoms with Crippen molar-refractivity contribution in [3.8, 4) is 11.3 Å². The smallest absolute Gasteiger partial charge is 0.229 e. The zero-order valence-electron chi connectivity index (χ0n) is 16.5. The molecule has 1 aromatic heterocycles. The van der Waals surface area contributed by atoms with Crippen LogP contribution in [0.25, 0.3) is 11.3 Å². The van der Waals surface area contributed by atoms with Crippen LogP contribution in [0, 0.1) is 19.3 Å². The van der Waals surface area contributed by atoms with Crippen molar-refractivity contribution in [2.24, 2.45) is 5.41 Å². The third-order valence-electron chi connectivity index (χ3n) is 5.26. The van der Waals surface area contributed by atoms with E-state index in [1.807, 2.05) is 30.9 Å². The molecule has 0 saturated carbocycles. The fourth-order valence-electron chi connectivity index (χ4n) is 3.17. The summed E-state index contributed by atoms with van der Waals surface area (Å²) >= 11 is 5.94. The van der Waals surface area contributed by atoms with Gasteiger partial charge in [-0.1, -0.05) is 12.1 Å². The van der Waals surface area contributed by atoms with Gasteiger partial charge in [-0.05, 0) is 57.0 Å². The monoisotopic (exact) mass is 386 g/mol. The second kappa shape index (κ2) is 7.85. The molecule has 0 N–H and O–H groups in total. The number of amides is 1. The van der Waals surface area contributed by atoms with Crippen LogP contribution in [-0.2, 0) is 4.79 Å². The highest BCUT2D eigenvalue weighted by Gasteiger charge is 2.33.